The SMILES string of the molecule is CC(=O)N(O)[C@@H](C)/C=C/c1cccc(-c2ccc(F)c(C#N)c2)c1. The van der Waals surface area contributed by atoms with E-state index in [9.17, 15) is 14.4 Å². The van der Waals surface area contributed by atoms with E-state index in [4.69, 9.17) is 5.26 Å². The Labute approximate surface area is 140 Å². The minimum absolute atomic E-state index is 0.000511. The van der Waals surface area contributed by atoms with Gasteiger partial charge in [-0.05, 0) is 41.8 Å². The summed E-state index contributed by atoms with van der Waals surface area (Å²) >= 11 is 0. The third-order valence-corrected chi connectivity index (χ3v) is 3.58. The summed E-state index contributed by atoms with van der Waals surface area (Å²) in [7, 11) is 0. The standard InChI is InChI=1S/C19H17FN2O2/c1-13(22(24)14(2)23)6-7-15-4-3-5-16(10-15)17-8-9-19(20)18(11-17)12-21/h3-11,13,24H,1-2H3/b7-6+/t13-/m0/s1. The number of nitrogens with zero attached hydrogens (tertiary/aromatic N) is 2. The molecule has 1 N–H and O–H groups in total. The van der Waals surface area contributed by atoms with Crippen molar-refractivity contribution in [3.8, 4) is 17.2 Å². The van der Waals surface area contributed by atoms with Crippen LogP contribution in [0.5, 0.6) is 0 Å². The number of benzene rings is 2. The molecule has 0 saturated carbocycles. The Hall–Kier alpha value is -2.97. The van der Waals surface area contributed by atoms with Crippen LogP contribution in [-0.2, 0) is 4.79 Å². The van der Waals surface area contributed by atoms with E-state index in [0.29, 0.717) is 5.06 Å². The number of hydrogen-bond acceptors (Lipinski definition) is 3. The molecule has 2 rings (SSSR count). The Morgan fingerprint density at radius 1 is 1.29 bits per heavy atom. The zero-order valence-electron chi connectivity index (χ0n) is 13.4. The summed E-state index contributed by atoms with van der Waals surface area (Å²) in [5.74, 6) is -0.977. The van der Waals surface area contributed by atoms with Gasteiger partial charge in [-0.15, -0.1) is 0 Å². The molecule has 2 aromatic carbocycles. The highest BCUT2D eigenvalue weighted by molar-refractivity contribution is 5.73. The van der Waals surface area contributed by atoms with Crippen LogP contribution in [0.4, 0.5) is 4.39 Å². The molecular weight excluding hydrogens is 307 g/mol. The van der Waals surface area contributed by atoms with E-state index in [0.717, 1.165) is 16.7 Å². The molecule has 0 fully saturated rings. The van der Waals surface area contributed by atoms with Crippen LogP contribution in [0.25, 0.3) is 17.2 Å². The van der Waals surface area contributed by atoms with Crippen LogP contribution in [0, 0.1) is 17.1 Å². The van der Waals surface area contributed by atoms with E-state index < -0.39 is 17.8 Å². The van der Waals surface area contributed by atoms with Gasteiger partial charge in [0.15, 0.2) is 0 Å². The van der Waals surface area contributed by atoms with Crippen LogP contribution >= 0.6 is 0 Å². The normalized spacial score (nSPS) is 12.0. The Morgan fingerprint density at radius 3 is 2.67 bits per heavy atom. The van der Waals surface area contributed by atoms with Crippen molar-refractivity contribution >= 4 is 12.0 Å². The lowest BCUT2D eigenvalue weighted by Crippen LogP contribution is -2.32. The van der Waals surface area contributed by atoms with Gasteiger partial charge in [-0.2, -0.15) is 5.26 Å². The maximum Gasteiger partial charge on any atom is 0.243 e. The van der Waals surface area contributed by atoms with Crippen molar-refractivity contribution in [2.75, 3.05) is 0 Å². The van der Waals surface area contributed by atoms with Crippen molar-refractivity contribution in [1.82, 2.24) is 5.06 Å². The summed E-state index contributed by atoms with van der Waals surface area (Å²) in [6, 6.07) is 13.2. The molecule has 2 aromatic rings. The first-order valence-corrected chi connectivity index (χ1v) is 7.39. The van der Waals surface area contributed by atoms with E-state index in [2.05, 4.69) is 0 Å². The van der Waals surface area contributed by atoms with Crippen molar-refractivity contribution in [3.63, 3.8) is 0 Å². The van der Waals surface area contributed by atoms with Gasteiger partial charge in [0.2, 0.25) is 5.91 Å². The number of carbonyl (C=O) groups excluding carboxylic acids is 1. The van der Waals surface area contributed by atoms with Crippen LogP contribution in [0.3, 0.4) is 0 Å². The predicted molar refractivity (Wildman–Crippen MR) is 89.4 cm³/mol. The van der Waals surface area contributed by atoms with Crippen LogP contribution in [-0.4, -0.2) is 22.2 Å². The van der Waals surface area contributed by atoms with Crippen LogP contribution < -0.4 is 0 Å². The fourth-order valence-electron chi connectivity index (χ4n) is 2.23. The number of halogens is 1. The second-order valence-electron chi connectivity index (χ2n) is 5.40. The lowest BCUT2D eigenvalue weighted by Gasteiger charge is -2.17. The topological polar surface area (TPSA) is 64.3 Å². The highest BCUT2D eigenvalue weighted by Crippen LogP contribution is 2.23. The van der Waals surface area contributed by atoms with Gasteiger partial charge in [0, 0.05) is 6.92 Å². The molecule has 0 aliphatic heterocycles. The Morgan fingerprint density at radius 2 is 2.00 bits per heavy atom. The highest BCUT2D eigenvalue weighted by Gasteiger charge is 2.10. The van der Waals surface area contributed by atoms with E-state index in [1.807, 2.05) is 30.3 Å². The third kappa shape index (κ3) is 4.06. The Bertz CT molecular complexity index is 824. The number of hydroxylamine groups is 2. The highest BCUT2D eigenvalue weighted by atomic mass is 19.1. The summed E-state index contributed by atoms with van der Waals surface area (Å²) in [5, 5.41) is 19.1. The van der Waals surface area contributed by atoms with E-state index in [1.54, 1.807) is 25.1 Å². The minimum Gasteiger partial charge on any atom is -0.285 e. The third-order valence-electron chi connectivity index (χ3n) is 3.58. The van der Waals surface area contributed by atoms with Crippen molar-refractivity contribution < 1.29 is 14.4 Å². The molecule has 0 aliphatic carbocycles. The molecule has 0 heterocycles. The second kappa shape index (κ2) is 7.53. The molecule has 24 heavy (non-hydrogen) atoms. The van der Waals surface area contributed by atoms with Crippen LogP contribution in [0.2, 0.25) is 0 Å². The van der Waals surface area contributed by atoms with Gasteiger partial charge in [0.05, 0.1) is 11.6 Å². The molecule has 5 heteroatoms. The molecule has 0 unspecified atom stereocenters. The van der Waals surface area contributed by atoms with Crippen molar-refractivity contribution in [2.45, 2.75) is 19.9 Å². The molecule has 0 aromatic heterocycles. The van der Waals surface area contributed by atoms with E-state index in [1.165, 1.54) is 19.1 Å². The molecule has 0 aliphatic rings. The van der Waals surface area contributed by atoms with Crippen molar-refractivity contribution in [2.24, 2.45) is 0 Å². The van der Waals surface area contributed by atoms with Crippen LogP contribution in [0.1, 0.15) is 25.0 Å². The summed E-state index contributed by atoms with van der Waals surface area (Å²) < 4.78 is 13.4. The molecule has 122 valence electrons. The monoisotopic (exact) mass is 324 g/mol. The van der Waals surface area contributed by atoms with Gasteiger partial charge in [0.25, 0.3) is 0 Å². The van der Waals surface area contributed by atoms with E-state index in [-0.39, 0.29) is 5.56 Å². The molecule has 0 radical (unpaired) electrons. The first kappa shape index (κ1) is 17.4. The fourth-order valence-corrected chi connectivity index (χ4v) is 2.23. The summed E-state index contributed by atoms with van der Waals surface area (Å²) in [5.41, 5.74) is 2.44. The maximum absolute atomic E-state index is 13.4. The first-order valence-electron chi connectivity index (χ1n) is 7.39. The number of nitriles is 1. The molecular formula is C19H17FN2O2. The van der Waals surface area contributed by atoms with Gasteiger partial charge < -0.3 is 0 Å². The number of carbonyl (C=O) groups is 1. The van der Waals surface area contributed by atoms with Crippen molar-refractivity contribution in [3.05, 3.63) is 65.5 Å². The first-order chi connectivity index (χ1) is 11.4. The smallest absolute Gasteiger partial charge is 0.243 e. The van der Waals surface area contributed by atoms with Crippen LogP contribution in [0.15, 0.2) is 48.5 Å². The summed E-state index contributed by atoms with van der Waals surface area (Å²) in [6.07, 6.45) is 3.49. The molecule has 0 spiro atoms. The average molecular weight is 324 g/mol. The number of amides is 1. The number of hydrogen-bond donors (Lipinski definition) is 1. The lowest BCUT2D eigenvalue weighted by atomic mass is 10.0. The molecule has 1 atom stereocenters. The maximum atomic E-state index is 13.4. The van der Waals surface area contributed by atoms with Gasteiger partial charge >= 0.3 is 0 Å². The average Bonchev–Trinajstić information content (AvgIpc) is 2.59. The minimum atomic E-state index is -0.543. The second-order valence-corrected chi connectivity index (χ2v) is 5.40. The summed E-state index contributed by atoms with van der Waals surface area (Å²) in [6.45, 7) is 2.98. The molecule has 0 saturated heterocycles. The lowest BCUT2D eigenvalue weighted by molar-refractivity contribution is -0.167. The zero-order chi connectivity index (χ0) is 17.7. The zero-order valence-corrected chi connectivity index (χ0v) is 13.4. The predicted octanol–water partition coefficient (Wildman–Crippen LogP) is 4.00. The quantitative estimate of drug-likeness (QED) is 0.683. The van der Waals surface area contributed by atoms with Gasteiger partial charge in [-0.3, -0.25) is 10.0 Å². The number of rotatable bonds is 4. The van der Waals surface area contributed by atoms with Crippen molar-refractivity contribution in [1.29, 1.82) is 5.26 Å². The van der Waals surface area contributed by atoms with Gasteiger partial charge in [-0.1, -0.05) is 36.4 Å². The Kier molecular flexibility index (Phi) is 5.46. The van der Waals surface area contributed by atoms with Gasteiger partial charge in [0.1, 0.15) is 11.9 Å². The summed E-state index contributed by atoms with van der Waals surface area (Å²) in [4.78, 5) is 11.1. The molecule has 4 nitrogen and oxygen atoms in total. The molecule has 0 bridgehead atoms. The van der Waals surface area contributed by atoms with Gasteiger partial charge in [-0.25, -0.2) is 9.45 Å². The largest absolute Gasteiger partial charge is 0.285 e. The van der Waals surface area contributed by atoms with E-state index >= 15 is 0 Å². The Balaban J connectivity index is 2.27. The fraction of sp³-hybridized carbons (Fsp3) is 0.158. The molecule has 1 amide bonds.